The number of pyridine rings is 1. The maximum atomic E-state index is 11.8. The number of rotatable bonds is 3. The lowest BCUT2D eigenvalue weighted by Crippen LogP contribution is -2.25. The lowest BCUT2D eigenvalue weighted by atomic mass is 10.5. The number of carbonyl (C=O) groups is 1. The number of hydrogen-bond donors (Lipinski definition) is 2. The zero-order valence-corrected chi connectivity index (χ0v) is 9.31. The molecule has 0 fully saturated rings. The largest absolute Gasteiger partial charge is 0.351 e. The van der Waals surface area contributed by atoms with E-state index in [1.54, 1.807) is 0 Å². The molecular weight excluding hydrogens is 244 g/mol. The molecule has 0 aromatic carbocycles. The van der Waals surface area contributed by atoms with Gasteiger partial charge in [-0.25, -0.2) is 18.2 Å². The molecule has 1 heterocycles. The number of allylic oxidation sites excluding steroid dienone is 1. The Morgan fingerprint density at radius 3 is 2.71 bits per heavy atom. The van der Waals surface area contributed by atoms with Crippen LogP contribution in [0.2, 0.25) is 0 Å². The third kappa shape index (κ3) is 3.02. The van der Waals surface area contributed by atoms with E-state index in [1.807, 2.05) is 5.32 Å². The Balaban J connectivity index is 3.18. The minimum Gasteiger partial charge on any atom is -0.351 e. The zero-order valence-electron chi connectivity index (χ0n) is 8.49. The fourth-order valence-corrected chi connectivity index (χ4v) is 1.94. The Kier molecular flexibility index (Phi) is 3.79. The van der Waals surface area contributed by atoms with Gasteiger partial charge >= 0.3 is 6.03 Å². The molecule has 1 aromatic rings. The first-order chi connectivity index (χ1) is 7.98. The summed E-state index contributed by atoms with van der Waals surface area (Å²) < 4.78 is 23.7. The van der Waals surface area contributed by atoms with E-state index in [0.29, 0.717) is 0 Å². The summed E-state index contributed by atoms with van der Waals surface area (Å²) in [6.07, 6.45) is 2.01. The van der Waals surface area contributed by atoms with Gasteiger partial charge in [0.25, 0.3) is 0 Å². The van der Waals surface area contributed by atoms with Gasteiger partial charge < -0.3 is 11.1 Å². The van der Waals surface area contributed by atoms with Crippen LogP contribution in [-0.4, -0.2) is 19.4 Å². The maximum Gasteiger partial charge on any atom is 0.316 e. The summed E-state index contributed by atoms with van der Waals surface area (Å²) in [6, 6.07) is 4.74. The molecule has 0 spiro atoms. The fourth-order valence-electron chi connectivity index (χ4n) is 0.925. The molecule has 0 saturated heterocycles. The van der Waals surface area contributed by atoms with E-state index in [4.69, 9.17) is 11.0 Å². The number of nitriles is 1. The summed E-state index contributed by atoms with van der Waals surface area (Å²) in [5.74, 6) is 0. The highest BCUT2D eigenvalue weighted by molar-refractivity contribution is 7.95. The van der Waals surface area contributed by atoms with Gasteiger partial charge in [0, 0.05) is 12.4 Å². The number of nitrogens with zero attached hydrogens (tertiary/aromatic N) is 2. The first kappa shape index (κ1) is 12.7. The topological polar surface area (TPSA) is 126 Å². The van der Waals surface area contributed by atoms with Crippen LogP contribution < -0.4 is 11.1 Å². The second-order valence-electron chi connectivity index (χ2n) is 2.80. The van der Waals surface area contributed by atoms with Crippen LogP contribution in [0.3, 0.4) is 0 Å². The van der Waals surface area contributed by atoms with Crippen molar-refractivity contribution >= 4 is 15.9 Å². The van der Waals surface area contributed by atoms with E-state index < -0.39 is 20.8 Å². The first-order valence-electron chi connectivity index (χ1n) is 4.31. The van der Waals surface area contributed by atoms with Gasteiger partial charge in [-0.1, -0.05) is 6.07 Å². The highest BCUT2D eigenvalue weighted by Crippen LogP contribution is 2.14. The van der Waals surface area contributed by atoms with Crippen LogP contribution >= 0.6 is 0 Å². The zero-order chi connectivity index (χ0) is 12.9. The van der Waals surface area contributed by atoms with E-state index in [2.05, 4.69) is 4.98 Å². The number of primary amides is 1. The van der Waals surface area contributed by atoms with Crippen molar-refractivity contribution in [2.24, 2.45) is 5.73 Å². The molecule has 3 N–H and O–H groups in total. The summed E-state index contributed by atoms with van der Waals surface area (Å²) >= 11 is 0. The van der Waals surface area contributed by atoms with E-state index >= 15 is 0 Å². The van der Waals surface area contributed by atoms with Crippen LogP contribution in [0.4, 0.5) is 4.79 Å². The van der Waals surface area contributed by atoms with Gasteiger partial charge in [-0.2, -0.15) is 5.26 Å². The average molecular weight is 252 g/mol. The molecule has 0 bridgehead atoms. The molecule has 88 valence electrons. The molecule has 1 rings (SSSR count). The third-order valence-electron chi connectivity index (χ3n) is 1.66. The smallest absolute Gasteiger partial charge is 0.316 e. The quantitative estimate of drug-likeness (QED) is 0.725. The molecule has 0 aliphatic heterocycles. The minimum absolute atomic E-state index is 0.279. The Bertz CT molecular complexity index is 586. The number of hydrogen-bond acceptors (Lipinski definition) is 5. The standard InChI is InChI=1S/C9H8N4O3S/c10-5-7(6-13-9(11)14)17(15,16)8-3-1-2-4-12-8/h1-4,6H,(H3,11,13,14)/b7-6+. The second kappa shape index (κ2) is 5.09. The van der Waals surface area contributed by atoms with Gasteiger partial charge in [0.1, 0.15) is 6.07 Å². The van der Waals surface area contributed by atoms with E-state index in [0.717, 1.165) is 6.20 Å². The molecule has 8 heteroatoms. The molecule has 1 aromatic heterocycles. The predicted molar refractivity (Wildman–Crippen MR) is 57.8 cm³/mol. The van der Waals surface area contributed by atoms with Crippen molar-refractivity contribution in [2.75, 3.05) is 0 Å². The van der Waals surface area contributed by atoms with Crippen LogP contribution in [0.1, 0.15) is 0 Å². The number of nitrogens with one attached hydrogen (secondary N) is 1. The number of aromatic nitrogens is 1. The second-order valence-corrected chi connectivity index (χ2v) is 4.67. The van der Waals surface area contributed by atoms with Gasteiger partial charge in [-0.15, -0.1) is 0 Å². The Morgan fingerprint density at radius 2 is 2.24 bits per heavy atom. The molecule has 0 aliphatic rings. The van der Waals surface area contributed by atoms with Crippen molar-refractivity contribution in [3.05, 3.63) is 35.5 Å². The summed E-state index contributed by atoms with van der Waals surface area (Å²) in [5.41, 5.74) is 4.76. The van der Waals surface area contributed by atoms with Crippen LogP contribution in [0.25, 0.3) is 0 Å². The molecule has 0 radical (unpaired) electrons. The number of amides is 2. The third-order valence-corrected chi connectivity index (χ3v) is 3.24. The fraction of sp³-hybridized carbons (Fsp3) is 0. The van der Waals surface area contributed by atoms with Gasteiger partial charge in [0.2, 0.25) is 9.84 Å². The highest BCUT2D eigenvalue weighted by Gasteiger charge is 2.21. The van der Waals surface area contributed by atoms with Crippen molar-refractivity contribution < 1.29 is 13.2 Å². The monoisotopic (exact) mass is 252 g/mol. The SMILES string of the molecule is N#C/C(=C\NC(N)=O)S(=O)(=O)c1ccccn1. The van der Waals surface area contributed by atoms with Gasteiger partial charge in [0.05, 0.1) is 0 Å². The van der Waals surface area contributed by atoms with Crippen LogP contribution in [0.15, 0.2) is 40.5 Å². The lowest BCUT2D eigenvalue weighted by molar-refractivity contribution is 0.252. The normalized spacial score (nSPS) is 11.6. The Morgan fingerprint density at radius 1 is 1.53 bits per heavy atom. The van der Waals surface area contributed by atoms with Gasteiger partial charge in [-0.3, -0.25) is 0 Å². The molecule has 0 saturated carbocycles. The first-order valence-corrected chi connectivity index (χ1v) is 5.79. The van der Waals surface area contributed by atoms with Crippen molar-refractivity contribution in [3.8, 4) is 6.07 Å². The van der Waals surface area contributed by atoms with E-state index in [-0.39, 0.29) is 5.03 Å². The number of sulfone groups is 1. The summed E-state index contributed by atoms with van der Waals surface area (Å²) in [5, 5.41) is 10.4. The molecule has 7 nitrogen and oxygen atoms in total. The maximum absolute atomic E-state index is 11.8. The lowest BCUT2D eigenvalue weighted by Gasteiger charge is -2.01. The van der Waals surface area contributed by atoms with Crippen LogP contribution in [-0.2, 0) is 9.84 Å². The average Bonchev–Trinajstić information content (AvgIpc) is 2.30. The van der Waals surface area contributed by atoms with Gasteiger partial charge in [0.15, 0.2) is 9.93 Å². The molecule has 17 heavy (non-hydrogen) atoms. The summed E-state index contributed by atoms with van der Waals surface area (Å²) in [7, 11) is -4.03. The molecular formula is C9H8N4O3S. The van der Waals surface area contributed by atoms with E-state index in [1.165, 1.54) is 30.5 Å². The number of carbonyl (C=O) groups excluding carboxylic acids is 1. The highest BCUT2D eigenvalue weighted by atomic mass is 32.2. The molecule has 0 unspecified atom stereocenters. The summed E-state index contributed by atoms with van der Waals surface area (Å²) in [6.45, 7) is 0. The molecule has 2 amide bonds. The predicted octanol–water partition coefficient (Wildman–Crippen LogP) is -0.111. The number of nitrogens with two attached hydrogens (primary N) is 1. The number of urea groups is 1. The van der Waals surface area contributed by atoms with E-state index in [9.17, 15) is 13.2 Å². The van der Waals surface area contributed by atoms with Gasteiger partial charge in [-0.05, 0) is 12.1 Å². The Hall–Kier alpha value is -2.40. The minimum atomic E-state index is -4.03. The van der Waals surface area contributed by atoms with Crippen molar-refractivity contribution in [3.63, 3.8) is 0 Å². The summed E-state index contributed by atoms with van der Waals surface area (Å²) in [4.78, 5) is 13.4. The van der Waals surface area contributed by atoms with Crippen LogP contribution in [0, 0.1) is 11.3 Å². The Labute approximate surface area is 97.5 Å². The molecule has 0 aliphatic carbocycles. The van der Waals surface area contributed by atoms with Crippen molar-refractivity contribution in [2.45, 2.75) is 5.03 Å². The van der Waals surface area contributed by atoms with Crippen LogP contribution in [0.5, 0.6) is 0 Å². The van der Waals surface area contributed by atoms with Crippen molar-refractivity contribution in [1.82, 2.24) is 10.3 Å². The molecule has 0 atom stereocenters. The van der Waals surface area contributed by atoms with Crippen molar-refractivity contribution in [1.29, 1.82) is 5.26 Å².